The molecule has 0 amide bonds. The largest absolute Gasteiger partial charge is 0.369 e. The third-order valence-electron chi connectivity index (χ3n) is 4.03. The molecule has 0 bridgehead atoms. The summed E-state index contributed by atoms with van der Waals surface area (Å²) < 4.78 is 1.57. The van der Waals surface area contributed by atoms with Gasteiger partial charge in [-0.1, -0.05) is 0 Å². The highest BCUT2D eigenvalue weighted by atomic mass is 16.1. The van der Waals surface area contributed by atoms with Crippen LogP contribution in [0.4, 0.5) is 5.82 Å². The molecule has 0 atom stereocenters. The molecule has 1 aliphatic rings. The second kappa shape index (κ2) is 4.98. The lowest BCUT2D eigenvalue weighted by atomic mass is 10.2. The quantitative estimate of drug-likeness (QED) is 0.774. The van der Waals surface area contributed by atoms with Crippen LogP contribution in [0, 0.1) is 12.8 Å². The van der Waals surface area contributed by atoms with Crippen LogP contribution in [0.1, 0.15) is 18.4 Å². The van der Waals surface area contributed by atoms with Crippen LogP contribution in [0.5, 0.6) is 0 Å². The number of nitrogens with one attached hydrogen (secondary N) is 2. The number of imidazole rings is 1. The molecule has 4 rings (SSSR count). The smallest absolute Gasteiger partial charge is 0.330 e. The van der Waals surface area contributed by atoms with Crippen molar-refractivity contribution in [3.05, 3.63) is 46.8 Å². The van der Waals surface area contributed by atoms with Crippen LogP contribution in [-0.4, -0.2) is 25.9 Å². The topological polar surface area (TPSA) is 75.1 Å². The Kier molecular flexibility index (Phi) is 2.96. The Morgan fingerprint density at radius 2 is 2.27 bits per heavy atom. The fourth-order valence-corrected chi connectivity index (χ4v) is 2.47. The lowest BCUT2D eigenvalue weighted by molar-refractivity contribution is 0.879. The monoisotopic (exact) mass is 295 g/mol. The number of nitrogens with zero attached hydrogens (tertiary/aromatic N) is 3. The summed E-state index contributed by atoms with van der Waals surface area (Å²) in [5.41, 5.74) is 2.52. The Hall–Kier alpha value is -2.63. The van der Waals surface area contributed by atoms with Gasteiger partial charge in [0.25, 0.3) is 0 Å². The van der Waals surface area contributed by atoms with E-state index >= 15 is 0 Å². The fraction of sp³-hybridized carbons (Fsp3) is 0.312. The molecule has 0 saturated heterocycles. The van der Waals surface area contributed by atoms with Crippen LogP contribution in [0.2, 0.25) is 0 Å². The molecule has 0 unspecified atom stereocenters. The Labute approximate surface area is 127 Å². The van der Waals surface area contributed by atoms with E-state index in [0.717, 1.165) is 34.9 Å². The van der Waals surface area contributed by atoms with E-state index in [-0.39, 0.29) is 5.69 Å². The van der Waals surface area contributed by atoms with E-state index in [2.05, 4.69) is 20.3 Å². The van der Waals surface area contributed by atoms with Crippen molar-refractivity contribution in [2.45, 2.75) is 19.8 Å². The molecular formula is C16H17N5O. The van der Waals surface area contributed by atoms with Gasteiger partial charge in [-0.15, -0.1) is 0 Å². The van der Waals surface area contributed by atoms with Gasteiger partial charge in [-0.2, -0.15) is 0 Å². The Morgan fingerprint density at radius 3 is 3.09 bits per heavy atom. The van der Waals surface area contributed by atoms with Crippen molar-refractivity contribution in [1.82, 2.24) is 19.4 Å². The van der Waals surface area contributed by atoms with E-state index in [1.807, 2.05) is 25.3 Å². The normalized spacial score (nSPS) is 14.4. The van der Waals surface area contributed by atoms with Gasteiger partial charge in [0.1, 0.15) is 5.82 Å². The molecule has 0 aromatic carbocycles. The molecule has 112 valence electrons. The first-order valence-corrected chi connectivity index (χ1v) is 7.48. The minimum Gasteiger partial charge on any atom is -0.369 e. The summed E-state index contributed by atoms with van der Waals surface area (Å²) in [6.07, 6.45) is 7.88. The van der Waals surface area contributed by atoms with Crippen molar-refractivity contribution in [1.29, 1.82) is 0 Å². The van der Waals surface area contributed by atoms with Crippen LogP contribution >= 0.6 is 0 Å². The van der Waals surface area contributed by atoms with Crippen LogP contribution in [0.3, 0.4) is 0 Å². The van der Waals surface area contributed by atoms with Crippen LogP contribution < -0.4 is 11.0 Å². The molecule has 0 aliphatic heterocycles. The zero-order valence-corrected chi connectivity index (χ0v) is 12.3. The van der Waals surface area contributed by atoms with Gasteiger partial charge < -0.3 is 10.3 Å². The number of aryl methyl sites for hydroxylation is 1. The number of rotatable bonds is 4. The van der Waals surface area contributed by atoms with Crippen LogP contribution in [-0.2, 0) is 0 Å². The summed E-state index contributed by atoms with van der Waals surface area (Å²) in [4.78, 5) is 23.4. The number of hydrogen-bond donors (Lipinski definition) is 2. The molecule has 22 heavy (non-hydrogen) atoms. The van der Waals surface area contributed by atoms with E-state index in [1.54, 1.807) is 16.8 Å². The lowest BCUT2D eigenvalue weighted by Crippen LogP contribution is -2.10. The van der Waals surface area contributed by atoms with Gasteiger partial charge in [0.05, 0.1) is 5.52 Å². The van der Waals surface area contributed by atoms with Crippen molar-refractivity contribution in [2.24, 2.45) is 5.92 Å². The molecule has 1 saturated carbocycles. The number of aromatic nitrogens is 4. The average molecular weight is 295 g/mol. The number of aromatic amines is 1. The van der Waals surface area contributed by atoms with Gasteiger partial charge in [0.2, 0.25) is 0 Å². The van der Waals surface area contributed by atoms with Crippen molar-refractivity contribution in [3.63, 3.8) is 0 Å². The summed E-state index contributed by atoms with van der Waals surface area (Å²) >= 11 is 0. The fourth-order valence-electron chi connectivity index (χ4n) is 2.47. The van der Waals surface area contributed by atoms with Crippen molar-refractivity contribution in [3.8, 4) is 11.4 Å². The highest BCUT2D eigenvalue weighted by molar-refractivity contribution is 5.61. The van der Waals surface area contributed by atoms with Crippen molar-refractivity contribution >= 4 is 11.3 Å². The minimum atomic E-state index is -0.156. The van der Waals surface area contributed by atoms with Gasteiger partial charge >= 0.3 is 5.69 Å². The maximum Gasteiger partial charge on any atom is 0.330 e. The molecule has 2 N–H and O–H groups in total. The van der Waals surface area contributed by atoms with Gasteiger partial charge in [-0.3, -0.25) is 4.40 Å². The molecule has 0 spiro atoms. The summed E-state index contributed by atoms with van der Waals surface area (Å²) in [6.45, 7) is 2.96. The Bertz CT molecular complexity index is 891. The maximum atomic E-state index is 11.7. The number of fused-ring (bicyclic) bond motifs is 1. The number of hydrogen-bond acceptors (Lipinski definition) is 4. The third kappa shape index (κ3) is 2.36. The first kappa shape index (κ1) is 13.1. The number of H-pyrrole nitrogens is 1. The molecule has 3 aromatic heterocycles. The third-order valence-corrected chi connectivity index (χ3v) is 4.03. The van der Waals surface area contributed by atoms with E-state index in [1.165, 1.54) is 12.8 Å². The Balaban J connectivity index is 1.71. The predicted octanol–water partition coefficient (Wildman–Crippen LogP) is 2.21. The Morgan fingerprint density at radius 1 is 1.41 bits per heavy atom. The summed E-state index contributed by atoms with van der Waals surface area (Å²) in [7, 11) is 0. The van der Waals surface area contributed by atoms with Crippen molar-refractivity contribution < 1.29 is 0 Å². The highest BCUT2D eigenvalue weighted by Crippen LogP contribution is 2.29. The molecule has 1 aliphatic carbocycles. The molecule has 6 heteroatoms. The molecule has 6 nitrogen and oxygen atoms in total. The van der Waals surface area contributed by atoms with Crippen LogP contribution in [0.25, 0.3) is 16.9 Å². The SMILES string of the molecule is Cc1cnc(-c2ccc3c[nH]c(=O)n3c2)nc1NCC1CC1. The molecule has 3 aromatic rings. The molecular weight excluding hydrogens is 278 g/mol. The average Bonchev–Trinajstić information content (AvgIpc) is 3.29. The number of pyridine rings is 1. The van der Waals surface area contributed by atoms with E-state index < -0.39 is 0 Å². The summed E-state index contributed by atoms with van der Waals surface area (Å²) in [5, 5.41) is 3.40. The highest BCUT2D eigenvalue weighted by Gasteiger charge is 2.21. The van der Waals surface area contributed by atoms with E-state index in [9.17, 15) is 4.79 Å². The maximum absolute atomic E-state index is 11.7. The van der Waals surface area contributed by atoms with Crippen LogP contribution in [0.15, 0.2) is 35.5 Å². The van der Waals surface area contributed by atoms with Gasteiger partial charge in [0.15, 0.2) is 5.82 Å². The summed E-state index contributed by atoms with van der Waals surface area (Å²) in [6, 6.07) is 3.81. The second-order valence-electron chi connectivity index (χ2n) is 5.86. The van der Waals surface area contributed by atoms with Gasteiger partial charge in [-0.25, -0.2) is 14.8 Å². The minimum absolute atomic E-state index is 0.156. The second-order valence-corrected chi connectivity index (χ2v) is 5.86. The first-order valence-electron chi connectivity index (χ1n) is 7.48. The van der Waals surface area contributed by atoms with Crippen molar-refractivity contribution in [2.75, 3.05) is 11.9 Å². The lowest BCUT2D eigenvalue weighted by Gasteiger charge is -2.09. The molecule has 1 fully saturated rings. The zero-order chi connectivity index (χ0) is 15.1. The molecule has 0 radical (unpaired) electrons. The standard InChI is InChI=1S/C16H17N5O/c1-10-6-17-15(20-14(10)18-7-11-2-3-11)12-4-5-13-8-19-16(22)21(13)9-12/h4-6,8-9,11H,2-3,7H2,1H3,(H,19,22)(H,17,18,20). The summed E-state index contributed by atoms with van der Waals surface area (Å²) in [5.74, 6) is 2.28. The predicted molar refractivity (Wildman–Crippen MR) is 85.0 cm³/mol. The van der Waals surface area contributed by atoms with Gasteiger partial charge in [0, 0.05) is 36.3 Å². The van der Waals surface area contributed by atoms with Gasteiger partial charge in [-0.05, 0) is 37.8 Å². The number of anilines is 1. The first-order chi connectivity index (χ1) is 10.7. The zero-order valence-electron chi connectivity index (χ0n) is 12.3. The van der Waals surface area contributed by atoms with E-state index in [0.29, 0.717) is 5.82 Å². The van der Waals surface area contributed by atoms with E-state index in [4.69, 9.17) is 0 Å². The molecule has 3 heterocycles.